The highest BCUT2D eigenvalue weighted by Crippen LogP contribution is 2.18. The molecule has 2 aromatic rings. The molecule has 23 heavy (non-hydrogen) atoms. The number of halogens is 1. The summed E-state index contributed by atoms with van der Waals surface area (Å²) >= 11 is 0. The van der Waals surface area contributed by atoms with E-state index in [0.29, 0.717) is 5.71 Å². The predicted octanol–water partition coefficient (Wildman–Crippen LogP) is 2.15. The Morgan fingerprint density at radius 1 is 0.739 bits per heavy atom. The van der Waals surface area contributed by atoms with Gasteiger partial charge in [0.1, 0.15) is 17.2 Å². The maximum absolute atomic E-state index is 5.37. The lowest BCUT2D eigenvalue weighted by atomic mass is 10.0. The Balaban J connectivity index is 0.00000264. The third-order valence-corrected chi connectivity index (χ3v) is 2.99. The summed E-state index contributed by atoms with van der Waals surface area (Å²) in [5.74, 6) is 1.43. The van der Waals surface area contributed by atoms with Gasteiger partial charge in [-0.3, -0.25) is 0 Å². The van der Waals surface area contributed by atoms with Crippen LogP contribution in [0.3, 0.4) is 0 Å². The van der Waals surface area contributed by atoms with Gasteiger partial charge in [-0.15, -0.1) is 22.6 Å². The van der Waals surface area contributed by atoms with Crippen molar-refractivity contribution in [1.82, 2.24) is 0 Å². The molecule has 0 unspecified atom stereocenters. The third-order valence-electron chi connectivity index (χ3n) is 2.99. The lowest BCUT2D eigenvalue weighted by molar-refractivity contribution is 0.414. The maximum atomic E-state index is 5.37. The van der Waals surface area contributed by atoms with Crippen LogP contribution in [0.15, 0.2) is 58.7 Å². The Bertz CT molecular complexity index is 629. The minimum Gasteiger partial charge on any atom is -0.497 e. The molecule has 122 valence electrons. The quantitative estimate of drug-likeness (QED) is 0.497. The highest BCUT2D eigenvalue weighted by Gasteiger charge is 2.08. The zero-order chi connectivity index (χ0) is 15.9. The number of hydrogen-bond acceptors (Lipinski definition) is 4. The van der Waals surface area contributed by atoms with Gasteiger partial charge >= 0.3 is 0 Å². The molecule has 0 saturated heterocycles. The van der Waals surface area contributed by atoms with Crippen LogP contribution in [0.5, 0.6) is 11.5 Å². The maximum Gasteiger partial charge on any atom is 0.211 e. The van der Waals surface area contributed by atoms with Gasteiger partial charge in [0.05, 0.1) is 14.2 Å². The molecule has 0 aromatic heterocycles. The summed E-state index contributed by atoms with van der Waals surface area (Å²) in [4.78, 5) is 0. The molecule has 0 aliphatic heterocycles. The van der Waals surface area contributed by atoms with Gasteiger partial charge in [-0.1, -0.05) is 0 Å². The summed E-state index contributed by atoms with van der Waals surface area (Å²) in [6.45, 7) is 0. The Hall–Kier alpha value is -2.73. The first kappa shape index (κ1) is 18.3. The van der Waals surface area contributed by atoms with Crippen LogP contribution in [0, 0.1) is 0 Å². The van der Waals surface area contributed by atoms with Crippen LogP contribution in [-0.2, 0) is 0 Å². The first-order chi connectivity index (χ1) is 10.6. The first-order valence-corrected chi connectivity index (χ1v) is 6.59. The number of nitrogens with zero attached hydrogens (tertiary/aromatic N) is 2. The third kappa shape index (κ3) is 4.89. The number of guanidine groups is 1. The van der Waals surface area contributed by atoms with Gasteiger partial charge in [0.15, 0.2) is 0 Å². The molecule has 0 aliphatic carbocycles. The molecule has 6 nitrogen and oxygen atoms in total. The minimum atomic E-state index is -0.0977. The van der Waals surface area contributed by atoms with E-state index in [1.165, 1.54) is 0 Å². The molecule has 2 rings (SSSR count). The van der Waals surface area contributed by atoms with Crippen LogP contribution in [0.1, 0.15) is 11.1 Å². The van der Waals surface area contributed by atoms with Crippen molar-refractivity contribution in [2.24, 2.45) is 21.7 Å². The van der Waals surface area contributed by atoms with Gasteiger partial charge in [-0.25, -0.2) is 0 Å². The van der Waals surface area contributed by atoms with Crippen LogP contribution in [0.4, 0.5) is 0 Å². The van der Waals surface area contributed by atoms with Crippen LogP contribution >= 0.6 is 12.4 Å². The van der Waals surface area contributed by atoms with E-state index in [-0.39, 0.29) is 18.4 Å². The van der Waals surface area contributed by atoms with Crippen molar-refractivity contribution in [1.29, 1.82) is 0 Å². The van der Waals surface area contributed by atoms with Crippen molar-refractivity contribution in [3.05, 3.63) is 59.7 Å². The second kappa shape index (κ2) is 8.65. The van der Waals surface area contributed by atoms with E-state index in [1.54, 1.807) is 14.2 Å². The van der Waals surface area contributed by atoms with Crippen LogP contribution in [-0.4, -0.2) is 25.9 Å². The van der Waals surface area contributed by atoms with Gasteiger partial charge in [-0.2, -0.15) is 0 Å². The molecule has 0 saturated carbocycles. The molecule has 7 heteroatoms. The van der Waals surface area contributed by atoms with Crippen LogP contribution in [0.25, 0.3) is 0 Å². The number of rotatable bonds is 5. The fourth-order valence-corrected chi connectivity index (χ4v) is 1.89. The number of methoxy groups -OCH3 is 2. The Morgan fingerprint density at radius 2 is 1.13 bits per heavy atom. The SMILES string of the molecule is COc1ccc(C(=NN=C(N)N)c2ccc(OC)cc2)cc1.Cl. The van der Waals surface area contributed by atoms with E-state index in [9.17, 15) is 0 Å². The highest BCUT2D eigenvalue weighted by molar-refractivity contribution is 6.13. The molecule has 0 aliphatic rings. The molecule has 2 aromatic carbocycles. The smallest absolute Gasteiger partial charge is 0.211 e. The summed E-state index contributed by atoms with van der Waals surface area (Å²) in [5.41, 5.74) is 13.1. The zero-order valence-corrected chi connectivity index (χ0v) is 13.7. The van der Waals surface area contributed by atoms with Crippen molar-refractivity contribution in [3.63, 3.8) is 0 Å². The number of nitrogens with two attached hydrogens (primary N) is 2. The van der Waals surface area contributed by atoms with E-state index in [1.807, 2.05) is 48.5 Å². The highest BCUT2D eigenvalue weighted by atomic mass is 35.5. The molecule has 0 bridgehead atoms. The van der Waals surface area contributed by atoms with Crippen molar-refractivity contribution >= 4 is 24.1 Å². The van der Waals surface area contributed by atoms with E-state index in [0.717, 1.165) is 22.6 Å². The van der Waals surface area contributed by atoms with Gasteiger partial charge in [0.25, 0.3) is 0 Å². The largest absolute Gasteiger partial charge is 0.497 e. The van der Waals surface area contributed by atoms with Gasteiger partial charge < -0.3 is 20.9 Å². The number of ether oxygens (including phenoxy) is 2. The molecule has 0 amide bonds. The molecule has 0 fully saturated rings. The summed E-state index contributed by atoms with van der Waals surface area (Å²) < 4.78 is 10.3. The molecule has 4 N–H and O–H groups in total. The summed E-state index contributed by atoms with van der Waals surface area (Å²) in [7, 11) is 3.24. The fraction of sp³-hybridized carbons (Fsp3) is 0.125. The average molecular weight is 335 g/mol. The van der Waals surface area contributed by atoms with E-state index in [4.69, 9.17) is 20.9 Å². The normalized spacial score (nSPS) is 9.30. The summed E-state index contributed by atoms with van der Waals surface area (Å²) in [5, 5.41) is 7.91. The monoisotopic (exact) mass is 334 g/mol. The number of hydrogen-bond donors (Lipinski definition) is 2. The second-order valence-corrected chi connectivity index (χ2v) is 4.43. The van der Waals surface area contributed by atoms with Gasteiger partial charge in [0.2, 0.25) is 5.96 Å². The lowest BCUT2D eigenvalue weighted by Gasteiger charge is -2.08. The van der Waals surface area contributed by atoms with Gasteiger partial charge in [0, 0.05) is 11.1 Å². The fourth-order valence-electron chi connectivity index (χ4n) is 1.89. The Morgan fingerprint density at radius 3 is 1.43 bits per heavy atom. The number of benzene rings is 2. The zero-order valence-electron chi connectivity index (χ0n) is 12.9. The first-order valence-electron chi connectivity index (χ1n) is 6.59. The van der Waals surface area contributed by atoms with Gasteiger partial charge in [-0.05, 0) is 48.5 Å². The van der Waals surface area contributed by atoms with Crippen molar-refractivity contribution in [2.75, 3.05) is 14.2 Å². The van der Waals surface area contributed by atoms with E-state index in [2.05, 4.69) is 10.2 Å². The molecule has 0 radical (unpaired) electrons. The van der Waals surface area contributed by atoms with Crippen LogP contribution < -0.4 is 20.9 Å². The molecular formula is C16H19ClN4O2. The second-order valence-electron chi connectivity index (χ2n) is 4.43. The van der Waals surface area contributed by atoms with E-state index < -0.39 is 0 Å². The molecule has 0 atom stereocenters. The van der Waals surface area contributed by atoms with Crippen molar-refractivity contribution < 1.29 is 9.47 Å². The summed E-state index contributed by atoms with van der Waals surface area (Å²) in [6.07, 6.45) is 0. The Labute approximate surface area is 141 Å². The summed E-state index contributed by atoms with van der Waals surface area (Å²) in [6, 6.07) is 15.0. The topological polar surface area (TPSA) is 95.2 Å². The van der Waals surface area contributed by atoms with Crippen molar-refractivity contribution in [2.45, 2.75) is 0 Å². The molecule has 0 heterocycles. The van der Waals surface area contributed by atoms with Crippen LogP contribution in [0.2, 0.25) is 0 Å². The Kier molecular flexibility index (Phi) is 6.89. The lowest BCUT2D eigenvalue weighted by Crippen LogP contribution is -2.22. The minimum absolute atomic E-state index is 0. The van der Waals surface area contributed by atoms with Crippen molar-refractivity contribution in [3.8, 4) is 11.5 Å². The standard InChI is InChI=1S/C16H18N4O2.ClH/c1-21-13-7-3-11(4-8-13)15(19-20-16(17)18)12-5-9-14(22-2)10-6-12;/h3-10H,1-2H3,(H4,17,18,20);1H. The predicted molar refractivity (Wildman–Crippen MR) is 94.7 cm³/mol. The van der Waals surface area contributed by atoms with E-state index >= 15 is 0 Å². The molecular weight excluding hydrogens is 316 g/mol. The molecule has 0 spiro atoms. The average Bonchev–Trinajstić information content (AvgIpc) is 2.56.